The predicted octanol–water partition coefficient (Wildman–Crippen LogP) is 1.44. The molecule has 1 aliphatic carbocycles. The predicted molar refractivity (Wildman–Crippen MR) is 72.8 cm³/mol. The summed E-state index contributed by atoms with van der Waals surface area (Å²) in [7, 11) is 0. The van der Waals surface area contributed by atoms with Gasteiger partial charge in [0.05, 0.1) is 18.3 Å². The first-order valence-electron chi connectivity index (χ1n) is 7.21. The molecule has 1 saturated carbocycles. The molecule has 2 fully saturated rings. The maximum atomic E-state index is 12.3. The number of aryl methyl sites for hydroxylation is 2. The first-order valence-corrected chi connectivity index (χ1v) is 7.21. The summed E-state index contributed by atoms with van der Waals surface area (Å²) in [5, 5.41) is 10.6. The highest BCUT2D eigenvalue weighted by Crippen LogP contribution is 2.34. The van der Waals surface area contributed by atoms with Crippen LogP contribution >= 0.6 is 0 Å². The number of aromatic amines is 1. The lowest BCUT2D eigenvalue weighted by Crippen LogP contribution is -2.38. The Morgan fingerprint density at radius 2 is 2.21 bits per heavy atom. The second kappa shape index (κ2) is 4.96. The molecule has 1 aromatic heterocycles. The molecule has 1 amide bonds. The molecule has 19 heavy (non-hydrogen) atoms. The van der Waals surface area contributed by atoms with Gasteiger partial charge in [-0.2, -0.15) is 5.10 Å². The third-order valence-electron chi connectivity index (χ3n) is 4.21. The summed E-state index contributed by atoms with van der Waals surface area (Å²) in [5.74, 6) is 0.231. The summed E-state index contributed by atoms with van der Waals surface area (Å²) in [5.41, 5.74) is 3.34. The van der Waals surface area contributed by atoms with Crippen LogP contribution in [-0.4, -0.2) is 40.1 Å². The topological polar surface area (TPSA) is 61.0 Å². The van der Waals surface area contributed by atoms with E-state index in [0.29, 0.717) is 12.6 Å². The number of nitrogens with one attached hydrogen (secondary N) is 2. The van der Waals surface area contributed by atoms with Gasteiger partial charge in [0, 0.05) is 23.8 Å². The SMILES string of the molecule is Cc1n[nH]c(C)c1[C@H]1CCCN1C(=O)CNC1CC1. The fourth-order valence-corrected chi connectivity index (χ4v) is 3.04. The minimum absolute atomic E-state index is 0.215. The van der Waals surface area contributed by atoms with Crippen LogP contribution in [0, 0.1) is 13.8 Å². The fourth-order valence-electron chi connectivity index (χ4n) is 3.04. The van der Waals surface area contributed by atoms with Gasteiger partial charge in [0.15, 0.2) is 0 Å². The summed E-state index contributed by atoms with van der Waals surface area (Å²) in [6.45, 7) is 5.41. The third-order valence-corrected chi connectivity index (χ3v) is 4.21. The molecule has 2 heterocycles. The molecule has 1 atom stereocenters. The van der Waals surface area contributed by atoms with E-state index in [4.69, 9.17) is 0 Å². The van der Waals surface area contributed by atoms with E-state index in [2.05, 4.69) is 15.5 Å². The summed E-state index contributed by atoms with van der Waals surface area (Å²) >= 11 is 0. The van der Waals surface area contributed by atoms with Crippen LogP contribution < -0.4 is 5.32 Å². The Morgan fingerprint density at radius 3 is 2.84 bits per heavy atom. The van der Waals surface area contributed by atoms with Gasteiger partial charge in [-0.15, -0.1) is 0 Å². The molecular weight excluding hydrogens is 240 g/mol. The zero-order chi connectivity index (χ0) is 13.4. The number of H-pyrrole nitrogens is 1. The molecule has 0 radical (unpaired) electrons. The van der Waals surface area contributed by atoms with Crippen LogP contribution in [0.25, 0.3) is 0 Å². The van der Waals surface area contributed by atoms with E-state index in [1.54, 1.807) is 0 Å². The standard InChI is InChI=1S/C14H22N4O/c1-9-14(10(2)17-16-9)12-4-3-7-18(12)13(19)8-15-11-5-6-11/h11-12,15H,3-8H2,1-2H3,(H,16,17)/t12-/m1/s1. The van der Waals surface area contributed by atoms with Crippen LogP contribution in [-0.2, 0) is 4.79 Å². The van der Waals surface area contributed by atoms with E-state index >= 15 is 0 Å². The zero-order valence-electron chi connectivity index (χ0n) is 11.7. The lowest BCUT2D eigenvalue weighted by molar-refractivity contribution is -0.131. The van der Waals surface area contributed by atoms with Gasteiger partial charge in [0.1, 0.15) is 0 Å². The number of nitrogens with zero attached hydrogens (tertiary/aromatic N) is 2. The number of carbonyl (C=O) groups excluding carboxylic acids is 1. The second-order valence-electron chi connectivity index (χ2n) is 5.75. The van der Waals surface area contributed by atoms with Gasteiger partial charge in [-0.1, -0.05) is 0 Å². The van der Waals surface area contributed by atoms with E-state index in [1.807, 2.05) is 18.7 Å². The Kier molecular flexibility index (Phi) is 3.31. The van der Waals surface area contributed by atoms with Crippen molar-refractivity contribution in [2.24, 2.45) is 0 Å². The number of hydrogen-bond acceptors (Lipinski definition) is 3. The number of hydrogen-bond donors (Lipinski definition) is 2. The maximum Gasteiger partial charge on any atom is 0.237 e. The largest absolute Gasteiger partial charge is 0.334 e. The van der Waals surface area contributed by atoms with Gasteiger partial charge in [-0.3, -0.25) is 9.89 Å². The Hall–Kier alpha value is -1.36. The fraction of sp³-hybridized carbons (Fsp3) is 0.714. The number of likely N-dealkylation sites (tertiary alicyclic amines) is 1. The van der Waals surface area contributed by atoms with Crippen LogP contribution in [0.3, 0.4) is 0 Å². The molecule has 0 bridgehead atoms. The molecule has 2 aliphatic rings. The van der Waals surface area contributed by atoms with Crippen LogP contribution in [0.15, 0.2) is 0 Å². The van der Waals surface area contributed by atoms with Crippen LogP contribution in [0.4, 0.5) is 0 Å². The number of aromatic nitrogens is 2. The minimum Gasteiger partial charge on any atom is -0.334 e. The Labute approximate surface area is 113 Å². The van der Waals surface area contributed by atoms with E-state index in [9.17, 15) is 4.79 Å². The van der Waals surface area contributed by atoms with Crippen molar-refractivity contribution in [3.05, 3.63) is 17.0 Å². The smallest absolute Gasteiger partial charge is 0.237 e. The molecule has 0 spiro atoms. The van der Waals surface area contributed by atoms with Gasteiger partial charge >= 0.3 is 0 Å². The van der Waals surface area contributed by atoms with Gasteiger partial charge in [0.25, 0.3) is 0 Å². The van der Waals surface area contributed by atoms with Crippen molar-refractivity contribution < 1.29 is 4.79 Å². The third kappa shape index (κ3) is 2.52. The molecule has 1 saturated heterocycles. The number of rotatable bonds is 4. The summed E-state index contributed by atoms with van der Waals surface area (Å²) in [6, 6.07) is 0.801. The van der Waals surface area contributed by atoms with Crippen molar-refractivity contribution in [1.82, 2.24) is 20.4 Å². The van der Waals surface area contributed by atoms with Crippen molar-refractivity contribution >= 4 is 5.91 Å². The minimum atomic E-state index is 0.215. The van der Waals surface area contributed by atoms with Crippen molar-refractivity contribution in [3.63, 3.8) is 0 Å². The van der Waals surface area contributed by atoms with Gasteiger partial charge in [-0.05, 0) is 39.5 Å². The highest BCUT2D eigenvalue weighted by Gasteiger charge is 2.33. The van der Waals surface area contributed by atoms with Crippen LogP contribution in [0.2, 0.25) is 0 Å². The first kappa shape index (κ1) is 12.7. The molecule has 5 nitrogen and oxygen atoms in total. The normalized spacial score (nSPS) is 23.1. The summed E-state index contributed by atoms with van der Waals surface area (Å²) < 4.78 is 0. The molecule has 0 unspecified atom stereocenters. The van der Waals surface area contributed by atoms with Crippen LogP contribution in [0.5, 0.6) is 0 Å². The quantitative estimate of drug-likeness (QED) is 0.863. The molecule has 1 aliphatic heterocycles. The van der Waals surface area contributed by atoms with Crippen molar-refractivity contribution in [2.45, 2.75) is 51.6 Å². The molecule has 3 rings (SSSR count). The lowest BCUT2D eigenvalue weighted by Gasteiger charge is -2.25. The van der Waals surface area contributed by atoms with Gasteiger partial charge in [0.2, 0.25) is 5.91 Å². The number of carbonyl (C=O) groups is 1. The molecular formula is C14H22N4O. The van der Waals surface area contributed by atoms with E-state index in [1.165, 1.54) is 18.4 Å². The average Bonchev–Trinajstić information content (AvgIpc) is 3.00. The molecule has 104 valence electrons. The van der Waals surface area contributed by atoms with Crippen LogP contribution in [0.1, 0.15) is 48.7 Å². The summed E-state index contributed by atoms with van der Waals surface area (Å²) in [4.78, 5) is 14.4. The summed E-state index contributed by atoms with van der Waals surface area (Å²) in [6.07, 6.45) is 4.58. The van der Waals surface area contributed by atoms with Crippen molar-refractivity contribution in [3.8, 4) is 0 Å². The van der Waals surface area contributed by atoms with Gasteiger partial charge in [-0.25, -0.2) is 0 Å². The highest BCUT2D eigenvalue weighted by molar-refractivity contribution is 5.79. The van der Waals surface area contributed by atoms with E-state index in [0.717, 1.165) is 30.8 Å². The molecule has 2 N–H and O–H groups in total. The Bertz CT molecular complexity index is 458. The zero-order valence-corrected chi connectivity index (χ0v) is 11.7. The highest BCUT2D eigenvalue weighted by atomic mass is 16.2. The molecule has 0 aromatic carbocycles. The van der Waals surface area contributed by atoms with E-state index < -0.39 is 0 Å². The maximum absolute atomic E-state index is 12.3. The second-order valence-corrected chi connectivity index (χ2v) is 5.75. The number of amides is 1. The molecule has 1 aromatic rings. The Morgan fingerprint density at radius 1 is 1.42 bits per heavy atom. The van der Waals surface area contributed by atoms with Gasteiger partial charge < -0.3 is 10.2 Å². The first-order chi connectivity index (χ1) is 9.16. The Balaban J connectivity index is 1.71. The van der Waals surface area contributed by atoms with E-state index in [-0.39, 0.29) is 11.9 Å². The van der Waals surface area contributed by atoms with Crippen molar-refractivity contribution in [2.75, 3.05) is 13.1 Å². The van der Waals surface area contributed by atoms with Crippen molar-refractivity contribution in [1.29, 1.82) is 0 Å². The monoisotopic (exact) mass is 262 g/mol. The lowest BCUT2D eigenvalue weighted by atomic mass is 10.0. The average molecular weight is 262 g/mol. The molecule has 5 heteroatoms.